The van der Waals surface area contributed by atoms with Gasteiger partial charge in [0.05, 0.1) is 23.0 Å². The third kappa shape index (κ3) is 6.71. The first kappa shape index (κ1) is 26.7. The lowest BCUT2D eigenvalue weighted by Crippen LogP contribution is -2.27. The minimum absolute atomic E-state index is 0.138. The first-order valence-corrected chi connectivity index (χ1v) is 12.8. The van der Waals surface area contributed by atoms with E-state index in [0.29, 0.717) is 26.5 Å². The molecule has 1 aliphatic heterocycles. The van der Waals surface area contributed by atoms with Gasteiger partial charge in [-0.3, -0.25) is 19.3 Å². The number of hydrogen-bond donors (Lipinski definition) is 1. The van der Waals surface area contributed by atoms with Crippen molar-refractivity contribution in [1.82, 2.24) is 4.90 Å². The van der Waals surface area contributed by atoms with Crippen LogP contribution in [0.4, 0.5) is 14.9 Å². The normalized spacial score (nSPS) is 14.3. The first-order valence-electron chi connectivity index (χ1n) is 10.8. The van der Waals surface area contributed by atoms with Crippen molar-refractivity contribution in [3.05, 3.63) is 92.0 Å². The van der Waals surface area contributed by atoms with Crippen molar-refractivity contribution < 1.29 is 28.2 Å². The summed E-state index contributed by atoms with van der Waals surface area (Å²) < 4.78 is 24.6. The number of carbonyl (C=O) groups is 3. The molecule has 1 heterocycles. The van der Waals surface area contributed by atoms with E-state index < -0.39 is 17.6 Å². The number of nitrogens with zero attached hydrogens (tertiary/aromatic N) is 1. The molecule has 37 heavy (non-hydrogen) atoms. The summed E-state index contributed by atoms with van der Waals surface area (Å²) in [6, 6.07) is 15.6. The molecule has 3 aromatic carbocycles. The molecular formula is C26H19BrClFN2O5S. The maximum atomic E-state index is 13.0. The second-order valence-corrected chi connectivity index (χ2v) is 10.1. The molecular weight excluding hydrogens is 587 g/mol. The average molecular weight is 606 g/mol. The van der Waals surface area contributed by atoms with Gasteiger partial charge in [0.15, 0.2) is 18.1 Å². The van der Waals surface area contributed by atoms with Crippen LogP contribution in [0.15, 0.2) is 70.0 Å². The van der Waals surface area contributed by atoms with E-state index in [1.807, 2.05) is 0 Å². The van der Waals surface area contributed by atoms with Crippen molar-refractivity contribution in [1.29, 1.82) is 0 Å². The monoisotopic (exact) mass is 604 g/mol. The Bertz CT molecular complexity index is 1380. The predicted molar refractivity (Wildman–Crippen MR) is 144 cm³/mol. The average Bonchev–Trinajstić information content (AvgIpc) is 3.13. The van der Waals surface area contributed by atoms with E-state index in [2.05, 4.69) is 21.2 Å². The number of carbonyl (C=O) groups excluding carboxylic acids is 3. The Morgan fingerprint density at radius 3 is 2.51 bits per heavy atom. The Labute approximate surface area is 229 Å². The summed E-state index contributed by atoms with van der Waals surface area (Å²) in [6.07, 6.45) is 1.59. The van der Waals surface area contributed by atoms with E-state index in [4.69, 9.17) is 21.1 Å². The smallest absolute Gasteiger partial charge is 0.293 e. The van der Waals surface area contributed by atoms with Gasteiger partial charge in [0.25, 0.3) is 17.1 Å². The van der Waals surface area contributed by atoms with Crippen LogP contribution in [0.3, 0.4) is 0 Å². The Hall–Kier alpha value is -3.34. The second-order valence-electron chi connectivity index (χ2n) is 7.77. The van der Waals surface area contributed by atoms with Gasteiger partial charge in [-0.05, 0) is 93.4 Å². The minimum Gasteiger partial charge on any atom is -0.493 e. The molecule has 0 radical (unpaired) electrons. The molecule has 0 aromatic heterocycles. The maximum Gasteiger partial charge on any atom is 0.293 e. The Morgan fingerprint density at radius 1 is 1.14 bits per heavy atom. The Morgan fingerprint density at radius 2 is 1.84 bits per heavy atom. The van der Waals surface area contributed by atoms with Crippen LogP contribution in [0.5, 0.6) is 11.5 Å². The van der Waals surface area contributed by atoms with Crippen LogP contribution in [-0.4, -0.2) is 35.7 Å². The van der Waals surface area contributed by atoms with Crippen LogP contribution in [0.1, 0.15) is 11.1 Å². The summed E-state index contributed by atoms with van der Waals surface area (Å²) in [5.41, 5.74) is 1.80. The number of halogens is 3. The summed E-state index contributed by atoms with van der Waals surface area (Å²) in [5.74, 6) is -0.661. The summed E-state index contributed by atoms with van der Waals surface area (Å²) in [4.78, 5) is 39.1. The zero-order valence-electron chi connectivity index (χ0n) is 19.3. The fourth-order valence-electron chi connectivity index (χ4n) is 3.39. The van der Waals surface area contributed by atoms with Gasteiger partial charge in [-0.25, -0.2) is 4.39 Å². The van der Waals surface area contributed by atoms with Crippen LogP contribution in [0.25, 0.3) is 6.08 Å². The highest BCUT2D eigenvalue weighted by atomic mass is 79.9. The molecule has 3 amide bonds. The summed E-state index contributed by atoms with van der Waals surface area (Å²) >= 11 is 10.2. The first-order chi connectivity index (χ1) is 17.7. The van der Waals surface area contributed by atoms with Gasteiger partial charge in [0.1, 0.15) is 5.82 Å². The van der Waals surface area contributed by atoms with Gasteiger partial charge in [0.2, 0.25) is 0 Å². The molecule has 11 heteroatoms. The van der Waals surface area contributed by atoms with Gasteiger partial charge in [-0.15, -0.1) is 0 Å². The van der Waals surface area contributed by atoms with E-state index >= 15 is 0 Å². The highest BCUT2D eigenvalue weighted by molar-refractivity contribution is 9.10. The van der Waals surface area contributed by atoms with Gasteiger partial charge in [0, 0.05) is 10.7 Å². The highest BCUT2D eigenvalue weighted by Gasteiger charge is 2.35. The molecule has 0 unspecified atom stereocenters. The molecule has 0 aliphatic carbocycles. The molecule has 0 bridgehead atoms. The second kappa shape index (κ2) is 11.8. The molecule has 0 saturated carbocycles. The van der Waals surface area contributed by atoms with E-state index in [9.17, 15) is 18.8 Å². The van der Waals surface area contributed by atoms with Crippen LogP contribution >= 0.6 is 39.3 Å². The van der Waals surface area contributed by atoms with E-state index in [-0.39, 0.29) is 29.0 Å². The lowest BCUT2D eigenvalue weighted by molar-refractivity contribution is -0.123. The number of methoxy groups -OCH3 is 1. The lowest BCUT2D eigenvalue weighted by atomic mass is 10.1. The lowest BCUT2D eigenvalue weighted by Gasteiger charge is -2.14. The fraction of sp³-hybridized carbons (Fsp3) is 0.115. The van der Waals surface area contributed by atoms with Crippen LogP contribution < -0.4 is 14.8 Å². The molecule has 4 rings (SSSR count). The number of ether oxygens (including phenoxy) is 2. The van der Waals surface area contributed by atoms with E-state index in [1.165, 1.54) is 36.3 Å². The number of rotatable bonds is 8. The van der Waals surface area contributed by atoms with Gasteiger partial charge >= 0.3 is 0 Å². The van der Waals surface area contributed by atoms with Crippen LogP contribution in [0.2, 0.25) is 5.02 Å². The number of hydrogen-bond acceptors (Lipinski definition) is 6. The van der Waals surface area contributed by atoms with Gasteiger partial charge in [-0.2, -0.15) is 0 Å². The predicted octanol–water partition coefficient (Wildman–Crippen LogP) is 6.50. The fourth-order valence-corrected chi connectivity index (χ4v) is 4.93. The molecule has 1 aliphatic rings. The molecule has 190 valence electrons. The van der Waals surface area contributed by atoms with Crippen molar-refractivity contribution in [3.63, 3.8) is 0 Å². The molecule has 1 fully saturated rings. The third-order valence-corrected chi connectivity index (χ3v) is 6.90. The summed E-state index contributed by atoms with van der Waals surface area (Å²) in [5, 5.41) is 2.81. The van der Waals surface area contributed by atoms with Gasteiger partial charge < -0.3 is 14.8 Å². The van der Waals surface area contributed by atoms with Crippen LogP contribution in [-0.2, 0) is 16.1 Å². The van der Waals surface area contributed by atoms with Crippen molar-refractivity contribution in [2.75, 3.05) is 19.0 Å². The van der Waals surface area contributed by atoms with Crippen molar-refractivity contribution in [2.45, 2.75) is 6.54 Å². The molecule has 3 aromatic rings. The largest absolute Gasteiger partial charge is 0.493 e. The van der Waals surface area contributed by atoms with Gasteiger partial charge in [-0.1, -0.05) is 23.7 Å². The Kier molecular flexibility index (Phi) is 8.52. The number of anilines is 1. The number of thioether (sulfide) groups is 1. The molecule has 1 N–H and O–H groups in total. The van der Waals surface area contributed by atoms with Crippen molar-refractivity contribution >= 4 is 68.1 Å². The van der Waals surface area contributed by atoms with Crippen LogP contribution in [0, 0.1) is 5.82 Å². The summed E-state index contributed by atoms with van der Waals surface area (Å²) in [7, 11) is 1.44. The highest BCUT2D eigenvalue weighted by Crippen LogP contribution is 2.39. The number of nitrogens with one attached hydrogen (secondary N) is 1. The van der Waals surface area contributed by atoms with E-state index in [1.54, 1.807) is 42.5 Å². The zero-order valence-corrected chi connectivity index (χ0v) is 22.5. The standard InChI is InChI=1S/C26H19BrClFN2O5S/c1-35-21-11-16(10-20(27)24(21)36-14-23(32)30-19-8-6-18(29)7-9-19)12-22-25(33)31(26(34)37-22)13-15-2-4-17(28)5-3-15/h2-12H,13-14H2,1H3,(H,30,32)/b22-12+. The van der Waals surface area contributed by atoms with Crippen molar-refractivity contribution in [2.24, 2.45) is 0 Å². The topological polar surface area (TPSA) is 84.9 Å². The number of amides is 3. The van der Waals surface area contributed by atoms with Crippen molar-refractivity contribution in [3.8, 4) is 11.5 Å². The van der Waals surface area contributed by atoms with E-state index in [0.717, 1.165) is 17.3 Å². The molecule has 7 nitrogen and oxygen atoms in total. The number of imide groups is 1. The maximum absolute atomic E-state index is 13.0. The molecule has 0 atom stereocenters. The minimum atomic E-state index is -0.445. The quantitative estimate of drug-likeness (QED) is 0.295. The zero-order chi connectivity index (χ0) is 26.5. The molecule has 0 spiro atoms. The SMILES string of the molecule is COc1cc(/C=C2/SC(=O)N(Cc3ccc(Cl)cc3)C2=O)cc(Br)c1OCC(=O)Nc1ccc(F)cc1. The Balaban J connectivity index is 1.45. The summed E-state index contributed by atoms with van der Waals surface area (Å²) in [6.45, 7) is -0.186. The third-order valence-electron chi connectivity index (χ3n) is 5.15. The molecule has 1 saturated heterocycles. The number of benzene rings is 3.